The van der Waals surface area contributed by atoms with Gasteiger partial charge >= 0.3 is 0 Å². The third-order valence-electron chi connectivity index (χ3n) is 5.67. The second kappa shape index (κ2) is 9.84. The van der Waals surface area contributed by atoms with E-state index in [9.17, 15) is 9.59 Å². The first kappa shape index (κ1) is 22.6. The van der Waals surface area contributed by atoms with E-state index in [1.165, 1.54) is 4.90 Å². The van der Waals surface area contributed by atoms with Crippen molar-refractivity contribution in [2.24, 2.45) is 4.99 Å². The number of carbonyl (C=O) groups excluding carboxylic acids is 2. The molecule has 164 valence electrons. The highest BCUT2D eigenvalue weighted by molar-refractivity contribution is 14.0. The summed E-state index contributed by atoms with van der Waals surface area (Å²) in [7, 11) is 3.44. The Hall–Kier alpha value is -2.04. The van der Waals surface area contributed by atoms with Gasteiger partial charge in [-0.25, -0.2) is 4.99 Å². The van der Waals surface area contributed by atoms with Crippen molar-refractivity contribution in [2.75, 3.05) is 46.9 Å². The Morgan fingerprint density at radius 3 is 2.70 bits per heavy atom. The van der Waals surface area contributed by atoms with Crippen LogP contribution in [0.3, 0.4) is 0 Å². The van der Waals surface area contributed by atoms with Crippen LogP contribution >= 0.6 is 24.0 Å². The number of fused-ring (bicyclic) bond motifs is 1. The van der Waals surface area contributed by atoms with E-state index in [0.717, 1.165) is 37.1 Å². The first-order valence-corrected chi connectivity index (χ1v) is 10.3. The molecule has 1 saturated carbocycles. The monoisotopic (exact) mass is 527 g/mol. The van der Waals surface area contributed by atoms with Gasteiger partial charge < -0.3 is 24.8 Å². The second-order valence-corrected chi connectivity index (χ2v) is 8.04. The number of benzene rings is 1. The molecule has 0 spiro atoms. The lowest BCUT2D eigenvalue weighted by Gasteiger charge is -2.38. The van der Waals surface area contributed by atoms with Gasteiger partial charge in [0.2, 0.25) is 11.8 Å². The SMILES string of the molecule is CN(C)C(=O)CN=C(NC1CCOc2ccccc21)N1CCN(C2CC2)C(=O)C1.I. The quantitative estimate of drug-likeness (QED) is 0.365. The summed E-state index contributed by atoms with van der Waals surface area (Å²) in [5, 5.41) is 3.51. The minimum atomic E-state index is -0.0698. The van der Waals surface area contributed by atoms with Crippen LogP contribution in [0.2, 0.25) is 0 Å². The average Bonchev–Trinajstić information content (AvgIpc) is 3.56. The molecule has 2 aliphatic heterocycles. The van der Waals surface area contributed by atoms with Crippen molar-refractivity contribution in [1.29, 1.82) is 0 Å². The van der Waals surface area contributed by atoms with Crippen LogP contribution in [-0.2, 0) is 9.59 Å². The summed E-state index contributed by atoms with van der Waals surface area (Å²) in [6, 6.07) is 8.42. The standard InChI is InChI=1S/C21H29N5O3.HI/c1-24(2)19(27)13-22-21(25-10-11-26(15-7-8-15)20(28)14-25)23-17-9-12-29-18-6-4-3-5-16(17)18;/h3-6,15,17H,7-14H2,1-2H3,(H,22,23);1H. The molecule has 0 radical (unpaired) electrons. The number of likely N-dealkylation sites (N-methyl/N-ethyl adjacent to an activating group) is 1. The minimum Gasteiger partial charge on any atom is -0.493 e. The van der Waals surface area contributed by atoms with Crippen LogP contribution in [0, 0.1) is 0 Å². The van der Waals surface area contributed by atoms with Crippen LogP contribution in [0.4, 0.5) is 0 Å². The third-order valence-corrected chi connectivity index (χ3v) is 5.67. The number of hydrogen-bond acceptors (Lipinski definition) is 4. The molecular weight excluding hydrogens is 497 g/mol. The first-order chi connectivity index (χ1) is 14.0. The van der Waals surface area contributed by atoms with E-state index in [2.05, 4.69) is 10.3 Å². The van der Waals surface area contributed by atoms with Crippen molar-refractivity contribution in [3.63, 3.8) is 0 Å². The van der Waals surface area contributed by atoms with Gasteiger partial charge in [0.15, 0.2) is 5.96 Å². The van der Waals surface area contributed by atoms with Crippen molar-refractivity contribution in [3.8, 4) is 5.75 Å². The normalized spacial score (nSPS) is 21.3. The topological polar surface area (TPSA) is 77.5 Å². The largest absolute Gasteiger partial charge is 0.493 e. The molecule has 9 heteroatoms. The van der Waals surface area contributed by atoms with E-state index >= 15 is 0 Å². The van der Waals surface area contributed by atoms with E-state index < -0.39 is 0 Å². The first-order valence-electron chi connectivity index (χ1n) is 10.3. The summed E-state index contributed by atoms with van der Waals surface area (Å²) < 4.78 is 5.76. The fourth-order valence-electron chi connectivity index (χ4n) is 3.81. The van der Waals surface area contributed by atoms with Gasteiger partial charge in [-0.3, -0.25) is 9.59 Å². The number of hydrogen-bond donors (Lipinski definition) is 1. The summed E-state index contributed by atoms with van der Waals surface area (Å²) in [5.41, 5.74) is 1.08. The van der Waals surface area contributed by atoms with Crippen molar-refractivity contribution < 1.29 is 14.3 Å². The molecule has 1 saturated heterocycles. The van der Waals surface area contributed by atoms with Gasteiger partial charge in [0.05, 0.1) is 19.2 Å². The Labute approximate surface area is 194 Å². The summed E-state index contributed by atoms with van der Waals surface area (Å²) in [4.78, 5) is 34.8. The van der Waals surface area contributed by atoms with Gasteiger partial charge in [-0.15, -0.1) is 24.0 Å². The van der Waals surface area contributed by atoms with Gasteiger partial charge in [0.1, 0.15) is 12.3 Å². The Bertz CT molecular complexity index is 812. The van der Waals surface area contributed by atoms with E-state index in [1.54, 1.807) is 14.1 Å². The molecule has 30 heavy (non-hydrogen) atoms. The molecule has 1 aliphatic carbocycles. The molecule has 8 nitrogen and oxygen atoms in total. The Kier molecular flexibility index (Phi) is 7.43. The predicted octanol–water partition coefficient (Wildman–Crippen LogP) is 1.47. The molecule has 1 N–H and O–H groups in total. The molecular formula is C21H30IN5O3. The maximum absolute atomic E-state index is 12.6. The summed E-state index contributed by atoms with van der Waals surface area (Å²) in [6.07, 6.45) is 3.02. The number of amides is 2. The number of aliphatic imine (C=N–C) groups is 1. The van der Waals surface area contributed by atoms with Crippen molar-refractivity contribution in [2.45, 2.75) is 31.3 Å². The molecule has 2 amide bonds. The highest BCUT2D eigenvalue weighted by Crippen LogP contribution is 2.32. The fraction of sp³-hybridized carbons (Fsp3) is 0.571. The molecule has 1 aromatic carbocycles. The zero-order valence-electron chi connectivity index (χ0n) is 17.5. The smallest absolute Gasteiger partial charge is 0.243 e. The van der Waals surface area contributed by atoms with Crippen molar-refractivity contribution >= 4 is 41.8 Å². The number of rotatable bonds is 4. The maximum atomic E-state index is 12.6. The fourth-order valence-corrected chi connectivity index (χ4v) is 3.81. The molecule has 0 bridgehead atoms. The zero-order valence-corrected chi connectivity index (χ0v) is 19.9. The number of ether oxygens (including phenoxy) is 1. The molecule has 1 aromatic rings. The lowest BCUT2D eigenvalue weighted by atomic mass is 10.0. The summed E-state index contributed by atoms with van der Waals surface area (Å²) in [5.74, 6) is 1.56. The van der Waals surface area contributed by atoms with Crippen LogP contribution in [0.25, 0.3) is 0 Å². The van der Waals surface area contributed by atoms with E-state index in [0.29, 0.717) is 31.7 Å². The number of nitrogens with one attached hydrogen (secondary N) is 1. The molecule has 2 fully saturated rings. The van der Waals surface area contributed by atoms with Crippen LogP contribution < -0.4 is 10.1 Å². The maximum Gasteiger partial charge on any atom is 0.243 e. The van der Waals surface area contributed by atoms with Gasteiger partial charge in [0, 0.05) is 45.2 Å². The molecule has 1 unspecified atom stereocenters. The van der Waals surface area contributed by atoms with Crippen molar-refractivity contribution in [3.05, 3.63) is 29.8 Å². The van der Waals surface area contributed by atoms with E-state index in [4.69, 9.17) is 4.74 Å². The third kappa shape index (κ3) is 5.16. The Morgan fingerprint density at radius 1 is 1.23 bits per heavy atom. The second-order valence-electron chi connectivity index (χ2n) is 8.04. The Balaban J connectivity index is 0.00000256. The number of nitrogens with zero attached hydrogens (tertiary/aromatic N) is 4. The number of guanidine groups is 1. The number of para-hydroxylation sites is 1. The predicted molar refractivity (Wildman–Crippen MR) is 125 cm³/mol. The van der Waals surface area contributed by atoms with Crippen molar-refractivity contribution in [1.82, 2.24) is 20.0 Å². The minimum absolute atomic E-state index is 0. The molecule has 3 aliphatic rings. The average molecular weight is 527 g/mol. The van der Waals surface area contributed by atoms with E-state index in [-0.39, 0.29) is 48.4 Å². The lowest BCUT2D eigenvalue weighted by Crippen LogP contribution is -2.56. The summed E-state index contributed by atoms with van der Waals surface area (Å²) in [6.45, 7) is 2.39. The van der Waals surface area contributed by atoms with Crippen LogP contribution in [0.15, 0.2) is 29.3 Å². The molecule has 1 atom stereocenters. The number of carbonyl (C=O) groups is 2. The van der Waals surface area contributed by atoms with Gasteiger partial charge in [-0.2, -0.15) is 0 Å². The molecule has 2 heterocycles. The van der Waals surface area contributed by atoms with Gasteiger partial charge in [-0.05, 0) is 18.9 Å². The lowest BCUT2D eigenvalue weighted by molar-refractivity contribution is -0.135. The highest BCUT2D eigenvalue weighted by Gasteiger charge is 2.37. The van der Waals surface area contributed by atoms with Crippen LogP contribution in [-0.4, -0.2) is 85.4 Å². The van der Waals surface area contributed by atoms with Gasteiger partial charge in [0.25, 0.3) is 0 Å². The zero-order chi connectivity index (χ0) is 20.4. The van der Waals surface area contributed by atoms with E-state index in [1.807, 2.05) is 34.1 Å². The summed E-state index contributed by atoms with van der Waals surface area (Å²) >= 11 is 0. The highest BCUT2D eigenvalue weighted by atomic mass is 127. The van der Waals surface area contributed by atoms with Crippen LogP contribution in [0.5, 0.6) is 5.75 Å². The number of halogens is 1. The van der Waals surface area contributed by atoms with Crippen LogP contribution in [0.1, 0.15) is 30.9 Å². The molecule has 0 aromatic heterocycles. The Morgan fingerprint density at radius 2 is 2.00 bits per heavy atom. The molecule has 4 rings (SSSR count). The number of piperazine rings is 1. The van der Waals surface area contributed by atoms with Gasteiger partial charge in [-0.1, -0.05) is 18.2 Å².